The van der Waals surface area contributed by atoms with E-state index in [4.69, 9.17) is 0 Å². The zero-order valence-electron chi connectivity index (χ0n) is 11.1. The van der Waals surface area contributed by atoms with Gasteiger partial charge in [0.05, 0.1) is 0 Å². The maximum Gasteiger partial charge on any atom is 0.161 e. The van der Waals surface area contributed by atoms with Crippen LogP contribution in [0.25, 0.3) is 0 Å². The lowest BCUT2D eigenvalue weighted by molar-refractivity contribution is 0.101. The van der Waals surface area contributed by atoms with Crippen LogP contribution in [-0.4, -0.2) is 18.9 Å². The molecule has 0 bridgehead atoms. The quantitative estimate of drug-likeness (QED) is 0.777. The summed E-state index contributed by atoms with van der Waals surface area (Å²) in [5.74, 6) is 0.911. The number of anilines is 1. The second-order valence-corrected chi connectivity index (χ2v) is 6.00. The molecular formula is C15H20BrNO. The summed E-state index contributed by atoms with van der Waals surface area (Å²) in [5, 5.41) is 0. The van der Waals surface area contributed by atoms with E-state index < -0.39 is 0 Å². The molecule has 1 atom stereocenters. The minimum atomic E-state index is 0.149. The summed E-state index contributed by atoms with van der Waals surface area (Å²) < 4.78 is 1.04. The largest absolute Gasteiger partial charge is 0.371 e. The van der Waals surface area contributed by atoms with Crippen LogP contribution in [0, 0.1) is 5.92 Å². The number of piperidine rings is 1. The van der Waals surface area contributed by atoms with Gasteiger partial charge in [0.1, 0.15) is 0 Å². The Kier molecular flexibility index (Phi) is 4.44. The summed E-state index contributed by atoms with van der Waals surface area (Å²) in [7, 11) is 0. The molecule has 0 aliphatic carbocycles. The van der Waals surface area contributed by atoms with Gasteiger partial charge in [0.15, 0.2) is 5.78 Å². The highest BCUT2D eigenvalue weighted by Crippen LogP contribution is 2.30. The lowest BCUT2D eigenvalue weighted by Gasteiger charge is -2.35. The Labute approximate surface area is 117 Å². The van der Waals surface area contributed by atoms with E-state index >= 15 is 0 Å². The highest BCUT2D eigenvalue weighted by Gasteiger charge is 2.21. The molecule has 1 aromatic rings. The first kappa shape index (κ1) is 13.6. The number of benzene rings is 1. The smallest absolute Gasteiger partial charge is 0.161 e. The van der Waals surface area contributed by atoms with E-state index in [0.717, 1.165) is 34.7 Å². The van der Waals surface area contributed by atoms with E-state index in [1.807, 2.05) is 12.1 Å². The zero-order chi connectivity index (χ0) is 13.1. The average molecular weight is 310 g/mol. The van der Waals surface area contributed by atoms with Crippen molar-refractivity contribution in [2.24, 2.45) is 5.92 Å². The van der Waals surface area contributed by atoms with Crippen molar-refractivity contribution < 1.29 is 4.79 Å². The maximum absolute atomic E-state index is 11.7. The van der Waals surface area contributed by atoms with E-state index in [-0.39, 0.29) is 5.78 Å². The molecular weight excluding hydrogens is 290 g/mol. The van der Waals surface area contributed by atoms with Gasteiger partial charge in [-0.05, 0) is 43.9 Å². The molecule has 1 aliphatic heterocycles. The number of nitrogens with zero attached hydrogens (tertiary/aromatic N) is 1. The monoisotopic (exact) mass is 309 g/mol. The van der Waals surface area contributed by atoms with Gasteiger partial charge in [-0.2, -0.15) is 0 Å². The van der Waals surface area contributed by atoms with Crippen molar-refractivity contribution in [2.75, 3.05) is 18.0 Å². The van der Waals surface area contributed by atoms with Gasteiger partial charge in [0.25, 0.3) is 0 Å². The third kappa shape index (κ3) is 2.94. The van der Waals surface area contributed by atoms with Gasteiger partial charge in [-0.15, -0.1) is 0 Å². The molecule has 0 N–H and O–H groups in total. The van der Waals surface area contributed by atoms with Crippen molar-refractivity contribution in [1.29, 1.82) is 0 Å². The predicted octanol–water partition coefficient (Wildman–Crippen LogP) is 4.28. The fraction of sp³-hybridized carbons (Fsp3) is 0.533. The molecule has 1 unspecified atom stereocenters. The number of Topliss-reactive ketones (excluding diaryl/α,β-unsaturated/α-hetero) is 1. The summed E-state index contributed by atoms with van der Waals surface area (Å²) in [5.41, 5.74) is 1.94. The van der Waals surface area contributed by atoms with Crippen LogP contribution in [0.4, 0.5) is 5.69 Å². The topological polar surface area (TPSA) is 20.3 Å². The van der Waals surface area contributed by atoms with E-state index in [1.54, 1.807) is 6.92 Å². The first-order valence-electron chi connectivity index (χ1n) is 6.67. The molecule has 1 heterocycles. The molecule has 0 spiro atoms. The molecule has 1 aliphatic rings. The van der Waals surface area contributed by atoms with Crippen LogP contribution in [0.15, 0.2) is 22.7 Å². The van der Waals surface area contributed by atoms with Crippen molar-refractivity contribution >= 4 is 27.4 Å². The molecule has 0 radical (unpaired) electrons. The van der Waals surface area contributed by atoms with Gasteiger partial charge in [-0.3, -0.25) is 4.79 Å². The number of hydrogen-bond acceptors (Lipinski definition) is 2. The normalized spacial score (nSPS) is 19.9. The second kappa shape index (κ2) is 5.87. The molecule has 0 saturated carbocycles. The standard InChI is InChI=1S/C15H20BrNO/c1-3-12-5-4-8-17(10-12)15-9-13(16)6-7-14(15)11(2)18/h6-7,9,12H,3-5,8,10H2,1-2H3. The van der Waals surface area contributed by atoms with Crippen molar-refractivity contribution in [3.8, 4) is 0 Å². The molecule has 2 nitrogen and oxygen atoms in total. The number of halogens is 1. The lowest BCUT2D eigenvalue weighted by atomic mass is 9.94. The number of ketones is 1. The van der Waals surface area contributed by atoms with Crippen LogP contribution < -0.4 is 4.90 Å². The highest BCUT2D eigenvalue weighted by molar-refractivity contribution is 9.10. The maximum atomic E-state index is 11.7. The van der Waals surface area contributed by atoms with Crippen LogP contribution in [0.5, 0.6) is 0 Å². The molecule has 1 saturated heterocycles. The molecule has 0 aromatic heterocycles. The predicted molar refractivity (Wildman–Crippen MR) is 79.4 cm³/mol. The van der Waals surface area contributed by atoms with Crippen molar-refractivity contribution in [3.05, 3.63) is 28.2 Å². The molecule has 18 heavy (non-hydrogen) atoms. The Morgan fingerprint density at radius 3 is 2.94 bits per heavy atom. The summed E-state index contributed by atoms with van der Waals surface area (Å²) in [6, 6.07) is 5.95. The number of hydrogen-bond donors (Lipinski definition) is 0. The first-order chi connectivity index (χ1) is 8.61. The van der Waals surface area contributed by atoms with Gasteiger partial charge in [0.2, 0.25) is 0 Å². The van der Waals surface area contributed by atoms with E-state index in [0.29, 0.717) is 0 Å². The summed E-state index contributed by atoms with van der Waals surface area (Å²) in [6.45, 7) is 6.04. The Morgan fingerprint density at radius 2 is 2.28 bits per heavy atom. The Bertz CT molecular complexity index is 444. The van der Waals surface area contributed by atoms with Crippen molar-refractivity contribution in [3.63, 3.8) is 0 Å². The third-order valence-electron chi connectivity index (χ3n) is 3.78. The van der Waals surface area contributed by atoms with Crippen LogP contribution in [-0.2, 0) is 0 Å². The summed E-state index contributed by atoms with van der Waals surface area (Å²) >= 11 is 3.51. The van der Waals surface area contributed by atoms with E-state index in [2.05, 4.69) is 33.8 Å². The van der Waals surface area contributed by atoms with Gasteiger partial charge in [0, 0.05) is 28.8 Å². The molecule has 3 heteroatoms. The molecule has 98 valence electrons. The average Bonchev–Trinajstić information content (AvgIpc) is 2.38. The van der Waals surface area contributed by atoms with Crippen LogP contribution in [0.2, 0.25) is 0 Å². The minimum Gasteiger partial charge on any atom is -0.371 e. The van der Waals surface area contributed by atoms with E-state index in [1.165, 1.54) is 19.3 Å². The second-order valence-electron chi connectivity index (χ2n) is 5.08. The van der Waals surface area contributed by atoms with E-state index in [9.17, 15) is 4.79 Å². The Hall–Kier alpha value is -0.830. The van der Waals surface area contributed by atoms with Crippen molar-refractivity contribution in [1.82, 2.24) is 0 Å². The zero-order valence-corrected chi connectivity index (χ0v) is 12.7. The summed E-state index contributed by atoms with van der Waals surface area (Å²) in [4.78, 5) is 14.1. The van der Waals surface area contributed by atoms with Crippen molar-refractivity contribution in [2.45, 2.75) is 33.1 Å². The SMILES string of the molecule is CCC1CCCN(c2cc(Br)ccc2C(C)=O)C1. The van der Waals surface area contributed by atoms with Gasteiger partial charge in [-0.25, -0.2) is 0 Å². The Balaban J connectivity index is 2.31. The van der Waals surface area contributed by atoms with Crippen LogP contribution >= 0.6 is 15.9 Å². The minimum absolute atomic E-state index is 0.149. The molecule has 1 aromatic carbocycles. The number of rotatable bonds is 3. The fourth-order valence-corrected chi connectivity index (χ4v) is 3.03. The Morgan fingerprint density at radius 1 is 1.50 bits per heavy atom. The molecule has 2 rings (SSSR count). The van der Waals surface area contributed by atoms with Gasteiger partial charge in [-0.1, -0.05) is 29.3 Å². The van der Waals surface area contributed by atoms with Gasteiger partial charge < -0.3 is 4.90 Å². The third-order valence-corrected chi connectivity index (χ3v) is 4.27. The lowest BCUT2D eigenvalue weighted by Crippen LogP contribution is -2.36. The molecule has 1 fully saturated rings. The number of carbonyl (C=O) groups excluding carboxylic acids is 1. The summed E-state index contributed by atoms with van der Waals surface area (Å²) in [6.07, 6.45) is 3.76. The van der Waals surface area contributed by atoms with Crippen LogP contribution in [0.3, 0.4) is 0 Å². The fourth-order valence-electron chi connectivity index (χ4n) is 2.68. The van der Waals surface area contributed by atoms with Crippen LogP contribution in [0.1, 0.15) is 43.5 Å². The number of carbonyl (C=O) groups is 1. The van der Waals surface area contributed by atoms with Gasteiger partial charge >= 0.3 is 0 Å². The first-order valence-corrected chi connectivity index (χ1v) is 7.46. The highest BCUT2D eigenvalue weighted by atomic mass is 79.9. The molecule has 0 amide bonds.